The summed E-state index contributed by atoms with van der Waals surface area (Å²) in [5, 5.41) is 0. The maximum atomic E-state index is 12.7. The average molecular weight is 392 g/mol. The third-order valence-electron chi connectivity index (χ3n) is 5.14. The maximum absolute atomic E-state index is 12.7. The van der Waals surface area contributed by atoms with Crippen molar-refractivity contribution in [1.29, 1.82) is 0 Å². The second-order valence-corrected chi connectivity index (χ2v) is 7.74. The zero-order valence-corrected chi connectivity index (χ0v) is 17.4. The van der Waals surface area contributed by atoms with Crippen LogP contribution in [0, 0.1) is 6.92 Å². The van der Waals surface area contributed by atoms with Crippen LogP contribution in [0.15, 0.2) is 64.2 Å². The quantitative estimate of drug-likeness (QED) is 0.652. The van der Waals surface area contributed by atoms with E-state index in [1.165, 1.54) is 0 Å². The second kappa shape index (κ2) is 9.05. The van der Waals surface area contributed by atoms with Crippen molar-refractivity contribution < 1.29 is 4.74 Å². The fourth-order valence-electron chi connectivity index (χ4n) is 3.68. The van der Waals surface area contributed by atoms with Gasteiger partial charge in [-0.2, -0.15) is 0 Å². The first-order chi connectivity index (χ1) is 13.9. The smallest absolute Gasteiger partial charge is 0.330 e. The molecule has 0 saturated carbocycles. The SMILES string of the molecule is Cc1cccc(C(C)c2c(C(C)C)c(=O)[nH]c(=O)n2COCc2ccccc2)c1. The summed E-state index contributed by atoms with van der Waals surface area (Å²) in [4.78, 5) is 27.8. The number of rotatable bonds is 7. The van der Waals surface area contributed by atoms with Gasteiger partial charge < -0.3 is 4.74 Å². The Bertz CT molecular complexity index is 1080. The minimum absolute atomic E-state index is 0.0259. The van der Waals surface area contributed by atoms with Crippen LogP contribution in [0.1, 0.15) is 60.6 Å². The van der Waals surface area contributed by atoms with Gasteiger partial charge in [0.2, 0.25) is 0 Å². The molecule has 1 N–H and O–H groups in total. The van der Waals surface area contributed by atoms with Gasteiger partial charge in [-0.05, 0) is 24.0 Å². The fourth-order valence-corrected chi connectivity index (χ4v) is 3.68. The lowest BCUT2D eigenvalue weighted by atomic mass is 9.89. The highest BCUT2D eigenvalue weighted by molar-refractivity contribution is 5.35. The van der Waals surface area contributed by atoms with Crippen molar-refractivity contribution in [3.05, 3.63) is 103 Å². The number of hydrogen-bond donors (Lipinski definition) is 1. The standard InChI is InChI=1S/C24H28N2O3/c1-16(2)21-22(18(4)20-12-8-9-17(3)13-20)26(24(28)25-23(21)27)15-29-14-19-10-6-5-7-11-19/h5-13,16,18H,14-15H2,1-4H3,(H,25,27,28). The lowest BCUT2D eigenvalue weighted by molar-refractivity contribution is 0.0583. The molecule has 5 nitrogen and oxygen atoms in total. The highest BCUT2D eigenvalue weighted by Gasteiger charge is 2.23. The van der Waals surface area contributed by atoms with E-state index in [1.54, 1.807) is 4.57 Å². The monoisotopic (exact) mass is 392 g/mol. The molecule has 0 fully saturated rings. The minimum Gasteiger partial charge on any atom is -0.356 e. The van der Waals surface area contributed by atoms with Crippen LogP contribution in [0.2, 0.25) is 0 Å². The van der Waals surface area contributed by atoms with E-state index in [2.05, 4.69) is 11.1 Å². The van der Waals surface area contributed by atoms with E-state index in [4.69, 9.17) is 4.74 Å². The maximum Gasteiger partial charge on any atom is 0.330 e. The van der Waals surface area contributed by atoms with Gasteiger partial charge in [0.05, 0.1) is 6.61 Å². The van der Waals surface area contributed by atoms with Crippen molar-refractivity contribution in [2.75, 3.05) is 0 Å². The predicted molar refractivity (Wildman–Crippen MR) is 115 cm³/mol. The Labute approximate surface area is 171 Å². The number of aromatic nitrogens is 2. The highest BCUT2D eigenvalue weighted by atomic mass is 16.5. The largest absolute Gasteiger partial charge is 0.356 e. The Morgan fingerprint density at radius 3 is 2.38 bits per heavy atom. The Kier molecular flexibility index (Phi) is 6.49. The highest BCUT2D eigenvalue weighted by Crippen LogP contribution is 2.28. The Balaban J connectivity index is 2.03. The topological polar surface area (TPSA) is 64.1 Å². The van der Waals surface area contributed by atoms with Crippen molar-refractivity contribution in [2.45, 2.75) is 52.9 Å². The third kappa shape index (κ3) is 4.74. The normalized spacial score (nSPS) is 12.3. The second-order valence-electron chi connectivity index (χ2n) is 7.74. The molecule has 2 aromatic carbocycles. The summed E-state index contributed by atoms with van der Waals surface area (Å²) in [6, 6.07) is 18.0. The number of aromatic amines is 1. The molecule has 0 radical (unpaired) electrons. The number of ether oxygens (including phenoxy) is 1. The molecule has 5 heteroatoms. The van der Waals surface area contributed by atoms with Gasteiger partial charge in [0.15, 0.2) is 0 Å². The molecule has 0 bridgehead atoms. The van der Waals surface area contributed by atoms with Crippen LogP contribution in [0.5, 0.6) is 0 Å². The molecule has 0 aliphatic carbocycles. The molecular weight excluding hydrogens is 364 g/mol. The van der Waals surface area contributed by atoms with Gasteiger partial charge in [-0.25, -0.2) is 4.79 Å². The predicted octanol–water partition coefficient (Wildman–Crippen LogP) is 4.29. The van der Waals surface area contributed by atoms with E-state index in [9.17, 15) is 9.59 Å². The van der Waals surface area contributed by atoms with Gasteiger partial charge in [-0.1, -0.05) is 80.9 Å². The van der Waals surface area contributed by atoms with Gasteiger partial charge in [-0.15, -0.1) is 0 Å². The number of aryl methyl sites for hydroxylation is 1. The first-order valence-electron chi connectivity index (χ1n) is 9.93. The summed E-state index contributed by atoms with van der Waals surface area (Å²) < 4.78 is 7.41. The lowest BCUT2D eigenvalue weighted by Crippen LogP contribution is -2.37. The van der Waals surface area contributed by atoms with E-state index < -0.39 is 5.69 Å². The van der Waals surface area contributed by atoms with Crippen molar-refractivity contribution in [2.24, 2.45) is 0 Å². The zero-order valence-electron chi connectivity index (χ0n) is 17.4. The Hall–Kier alpha value is -2.92. The molecule has 1 aromatic heterocycles. The van der Waals surface area contributed by atoms with E-state index in [-0.39, 0.29) is 24.1 Å². The van der Waals surface area contributed by atoms with Crippen LogP contribution >= 0.6 is 0 Å². The molecule has 0 spiro atoms. The number of nitrogens with one attached hydrogen (secondary N) is 1. The van der Waals surface area contributed by atoms with Crippen LogP contribution in [0.4, 0.5) is 0 Å². The molecule has 0 aliphatic heterocycles. The van der Waals surface area contributed by atoms with Crippen molar-refractivity contribution >= 4 is 0 Å². The van der Waals surface area contributed by atoms with E-state index in [0.29, 0.717) is 17.9 Å². The molecular formula is C24H28N2O3. The van der Waals surface area contributed by atoms with E-state index >= 15 is 0 Å². The summed E-state index contributed by atoms with van der Waals surface area (Å²) in [6.07, 6.45) is 0. The van der Waals surface area contributed by atoms with Gasteiger partial charge in [0, 0.05) is 17.2 Å². The molecule has 0 aliphatic rings. The Morgan fingerprint density at radius 2 is 1.72 bits per heavy atom. The van der Waals surface area contributed by atoms with Crippen molar-refractivity contribution in [3.63, 3.8) is 0 Å². The molecule has 1 unspecified atom stereocenters. The van der Waals surface area contributed by atoms with Crippen LogP contribution in [-0.4, -0.2) is 9.55 Å². The molecule has 152 valence electrons. The molecule has 1 heterocycles. The summed E-state index contributed by atoms with van der Waals surface area (Å²) in [6.45, 7) is 8.47. The van der Waals surface area contributed by atoms with E-state index in [1.807, 2.05) is 76.2 Å². The molecule has 0 saturated heterocycles. The average Bonchev–Trinajstić information content (AvgIpc) is 2.69. The lowest BCUT2D eigenvalue weighted by Gasteiger charge is -2.23. The van der Waals surface area contributed by atoms with Crippen LogP contribution in [-0.2, 0) is 18.1 Å². The fraction of sp³-hybridized carbons (Fsp3) is 0.333. The number of H-pyrrole nitrogens is 1. The van der Waals surface area contributed by atoms with Gasteiger partial charge in [0.25, 0.3) is 5.56 Å². The molecule has 0 amide bonds. The minimum atomic E-state index is -0.443. The van der Waals surface area contributed by atoms with Gasteiger partial charge in [-0.3, -0.25) is 14.3 Å². The van der Waals surface area contributed by atoms with E-state index in [0.717, 1.165) is 16.7 Å². The van der Waals surface area contributed by atoms with Crippen molar-refractivity contribution in [1.82, 2.24) is 9.55 Å². The Morgan fingerprint density at radius 1 is 1.00 bits per heavy atom. The summed E-state index contributed by atoms with van der Waals surface area (Å²) in [5.74, 6) is -0.149. The molecule has 29 heavy (non-hydrogen) atoms. The first-order valence-corrected chi connectivity index (χ1v) is 9.93. The summed E-state index contributed by atoms with van der Waals surface area (Å²) in [7, 11) is 0. The molecule has 3 rings (SSSR count). The van der Waals surface area contributed by atoms with Crippen LogP contribution in [0.25, 0.3) is 0 Å². The molecule has 3 aromatic rings. The summed E-state index contributed by atoms with van der Waals surface area (Å²) in [5.41, 5.74) is 3.81. The van der Waals surface area contributed by atoms with Crippen LogP contribution in [0.3, 0.4) is 0 Å². The van der Waals surface area contributed by atoms with Gasteiger partial charge >= 0.3 is 5.69 Å². The third-order valence-corrected chi connectivity index (χ3v) is 5.14. The zero-order chi connectivity index (χ0) is 21.0. The first kappa shape index (κ1) is 20.8. The van der Waals surface area contributed by atoms with Gasteiger partial charge in [0.1, 0.15) is 6.73 Å². The number of hydrogen-bond acceptors (Lipinski definition) is 3. The number of benzene rings is 2. The molecule has 1 atom stereocenters. The summed E-state index contributed by atoms with van der Waals surface area (Å²) >= 11 is 0. The van der Waals surface area contributed by atoms with Crippen LogP contribution < -0.4 is 11.2 Å². The van der Waals surface area contributed by atoms with Crippen molar-refractivity contribution in [3.8, 4) is 0 Å². The number of nitrogens with zero attached hydrogens (tertiary/aromatic N) is 1.